The highest BCUT2D eigenvalue weighted by Crippen LogP contribution is 2.30. The first-order chi connectivity index (χ1) is 20.6. The average Bonchev–Trinajstić information content (AvgIpc) is 3.51. The quantitative estimate of drug-likeness (QED) is 0.184. The van der Waals surface area contributed by atoms with E-state index in [0.29, 0.717) is 5.82 Å². The van der Waals surface area contributed by atoms with Crippen molar-refractivity contribution in [2.75, 3.05) is 6.61 Å². The summed E-state index contributed by atoms with van der Waals surface area (Å²) >= 11 is 1.30. The standard InChI is InChI=1S/C33H41N5O4S/c1-5-6-7-8-9-18-42-26-16-14-23(15-17-26)25-20-34-28(35-21-25)24-12-10-22(11-13-24)19-27(31(40)41)36-29(39)30-37-38-32(43-30)33(2,3)4/h10-17,20-21,27,30,37H,5-9,18-19H2,1-4H3,(H,36,39)(H,40,41)/t27-,30?/m0/s1. The zero-order chi connectivity index (χ0) is 30.8. The van der Waals surface area contributed by atoms with Gasteiger partial charge in [0.25, 0.3) is 5.91 Å². The Morgan fingerprint density at radius 2 is 1.60 bits per heavy atom. The Labute approximate surface area is 258 Å². The van der Waals surface area contributed by atoms with Gasteiger partial charge in [-0.25, -0.2) is 14.8 Å². The molecule has 9 nitrogen and oxygen atoms in total. The molecule has 1 aromatic heterocycles. The van der Waals surface area contributed by atoms with Crippen LogP contribution in [0.5, 0.6) is 5.75 Å². The van der Waals surface area contributed by atoms with Crippen LogP contribution in [0, 0.1) is 5.41 Å². The first-order valence-electron chi connectivity index (χ1n) is 14.8. The van der Waals surface area contributed by atoms with Crippen LogP contribution in [-0.4, -0.2) is 50.0 Å². The zero-order valence-electron chi connectivity index (χ0n) is 25.3. The lowest BCUT2D eigenvalue weighted by molar-refractivity contribution is -0.141. The molecular formula is C33H41N5O4S. The van der Waals surface area contributed by atoms with Crippen LogP contribution >= 0.6 is 11.8 Å². The number of thioether (sulfide) groups is 1. The number of carbonyl (C=O) groups is 2. The van der Waals surface area contributed by atoms with Gasteiger partial charge in [0.1, 0.15) is 16.8 Å². The molecule has 10 heteroatoms. The van der Waals surface area contributed by atoms with Crippen molar-refractivity contribution in [2.45, 2.75) is 77.6 Å². The number of benzene rings is 2. The van der Waals surface area contributed by atoms with Crippen molar-refractivity contribution in [1.29, 1.82) is 0 Å². The number of hydrogen-bond acceptors (Lipinski definition) is 8. The highest BCUT2D eigenvalue weighted by Gasteiger charge is 2.34. The molecule has 0 saturated heterocycles. The van der Waals surface area contributed by atoms with E-state index in [4.69, 9.17) is 4.74 Å². The average molecular weight is 604 g/mol. The molecule has 2 heterocycles. The number of aromatic nitrogens is 2. The Morgan fingerprint density at radius 1 is 0.953 bits per heavy atom. The van der Waals surface area contributed by atoms with Gasteiger partial charge in [-0.2, -0.15) is 5.10 Å². The molecule has 0 spiro atoms. The zero-order valence-corrected chi connectivity index (χ0v) is 26.1. The van der Waals surface area contributed by atoms with Crippen molar-refractivity contribution in [2.24, 2.45) is 10.5 Å². The van der Waals surface area contributed by atoms with Gasteiger partial charge >= 0.3 is 5.97 Å². The molecule has 0 fully saturated rings. The Balaban J connectivity index is 1.30. The minimum Gasteiger partial charge on any atom is -0.494 e. The summed E-state index contributed by atoms with van der Waals surface area (Å²) in [6, 6.07) is 14.3. The Bertz CT molecular complexity index is 1390. The number of aliphatic carboxylic acids is 1. The molecule has 0 bridgehead atoms. The Kier molecular flexibility index (Phi) is 11.2. The Morgan fingerprint density at radius 3 is 2.21 bits per heavy atom. The molecule has 3 aromatic rings. The Hall–Kier alpha value is -3.92. The smallest absolute Gasteiger partial charge is 0.326 e. The summed E-state index contributed by atoms with van der Waals surface area (Å²) < 4.78 is 5.86. The second-order valence-electron chi connectivity index (χ2n) is 11.7. The van der Waals surface area contributed by atoms with E-state index in [-0.39, 0.29) is 11.8 Å². The van der Waals surface area contributed by atoms with Crippen molar-refractivity contribution in [3.8, 4) is 28.3 Å². The van der Waals surface area contributed by atoms with E-state index >= 15 is 0 Å². The van der Waals surface area contributed by atoms with Gasteiger partial charge in [0.2, 0.25) is 0 Å². The van der Waals surface area contributed by atoms with Gasteiger partial charge in [-0.3, -0.25) is 10.2 Å². The maximum Gasteiger partial charge on any atom is 0.326 e. The molecule has 228 valence electrons. The normalized spacial score (nSPS) is 15.3. The van der Waals surface area contributed by atoms with Gasteiger partial charge in [0.15, 0.2) is 11.2 Å². The highest BCUT2D eigenvalue weighted by molar-refractivity contribution is 8.15. The number of nitrogens with one attached hydrogen (secondary N) is 2. The predicted molar refractivity (Wildman–Crippen MR) is 172 cm³/mol. The minimum absolute atomic E-state index is 0.143. The number of unbranched alkanes of at least 4 members (excludes halogenated alkanes) is 4. The molecule has 3 N–H and O–H groups in total. The first-order valence-corrected chi connectivity index (χ1v) is 15.7. The number of amides is 1. The predicted octanol–water partition coefficient (Wildman–Crippen LogP) is 6.29. The molecular weight excluding hydrogens is 562 g/mol. The van der Waals surface area contributed by atoms with Crippen molar-refractivity contribution in [3.05, 3.63) is 66.5 Å². The monoisotopic (exact) mass is 603 g/mol. The van der Waals surface area contributed by atoms with Crippen LogP contribution in [0.15, 0.2) is 66.0 Å². The van der Waals surface area contributed by atoms with Crippen LogP contribution in [0.25, 0.3) is 22.5 Å². The van der Waals surface area contributed by atoms with Crippen molar-refractivity contribution < 1.29 is 19.4 Å². The molecule has 2 atom stereocenters. The van der Waals surface area contributed by atoms with Gasteiger partial charge < -0.3 is 15.2 Å². The summed E-state index contributed by atoms with van der Waals surface area (Å²) in [6.07, 6.45) is 9.78. The molecule has 0 radical (unpaired) electrons. The topological polar surface area (TPSA) is 126 Å². The third kappa shape index (κ3) is 9.28. The van der Waals surface area contributed by atoms with Gasteiger partial charge in [0.05, 0.1) is 6.61 Å². The summed E-state index contributed by atoms with van der Waals surface area (Å²) in [5, 5.41) is 16.8. The molecule has 1 amide bonds. The van der Waals surface area contributed by atoms with E-state index in [1.165, 1.54) is 37.4 Å². The highest BCUT2D eigenvalue weighted by atomic mass is 32.2. The lowest BCUT2D eigenvalue weighted by Crippen LogP contribution is -2.48. The summed E-state index contributed by atoms with van der Waals surface area (Å²) in [6.45, 7) is 8.98. The van der Waals surface area contributed by atoms with Crippen LogP contribution < -0.4 is 15.5 Å². The number of ether oxygens (including phenoxy) is 1. The number of carboxylic acid groups (broad SMARTS) is 1. The van der Waals surface area contributed by atoms with Gasteiger partial charge in [-0.1, -0.05) is 102 Å². The van der Waals surface area contributed by atoms with Crippen molar-refractivity contribution in [1.82, 2.24) is 20.7 Å². The lowest BCUT2D eigenvalue weighted by Gasteiger charge is -2.19. The molecule has 0 aliphatic carbocycles. The number of nitrogens with zero attached hydrogens (tertiary/aromatic N) is 3. The molecule has 2 aromatic carbocycles. The van der Waals surface area contributed by atoms with Crippen LogP contribution in [0.3, 0.4) is 0 Å². The number of hydrogen-bond donors (Lipinski definition) is 3. The molecule has 43 heavy (non-hydrogen) atoms. The molecule has 4 rings (SSSR count). The second kappa shape index (κ2) is 15.0. The number of carboxylic acids is 1. The molecule has 1 aliphatic rings. The van der Waals surface area contributed by atoms with Crippen LogP contribution in [0.2, 0.25) is 0 Å². The third-order valence-electron chi connectivity index (χ3n) is 7.02. The van der Waals surface area contributed by atoms with E-state index in [0.717, 1.165) is 46.1 Å². The lowest BCUT2D eigenvalue weighted by atomic mass is 9.99. The van der Waals surface area contributed by atoms with Gasteiger partial charge in [-0.05, 0) is 29.7 Å². The SMILES string of the molecule is CCCCCCCOc1ccc(-c2cnc(-c3ccc(C[C@H](NC(=O)C4NN=C(C(C)(C)C)S4)C(=O)O)cc3)nc2)cc1. The number of rotatable bonds is 14. The number of hydrazone groups is 1. The molecule has 1 aliphatic heterocycles. The fraction of sp³-hybridized carbons (Fsp3) is 0.424. The minimum atomic E-state index is -1.10. The second-order valence-corrected chi connectivity index (χ2v) is 12.8. The summed E-state index contributed by atoms with van der Waals surface area (Å²) in [5.74, 6) is -0.0800. The van der Waals surface area contributed by atoms with E-state index in [2.05, 4.69) is 32.7 Å². The van der Waals surface area contributed by atoms with Gasteiger partial charge in [0, 0.05) is 35.4 Å². The first kappa shape index (κ1) is 32.0. The van der Waals surface area contributed by atoms with Crippen LogP contribution in [0.4, 0.5) is 0 Å². The van der Waals surface area contributed by atoms with E-state index < -0.39 is 23.3 Å². The van der Waals surface area contributed by atoms with E-state index in [1.807, 2.05) is 69.3 Å². The van der Waals surface area contributed by atoms with Crippen molar-refractivity contribution >= 4 is 28.7 Å². The van der Waals surface area contributed by atoms with Crippen LogP contribution in [0.1, 0.15) is 65.4 Å². The summed E-state index contributed by atoms with van der Waals surface area (Å²) in [7, 11) is 0. The fourth-order valence-electron chi connectivity index (χ4n) is 4.48. The van der Waals surface area contributed by atoms with Crippen molar-refractivity contribution in [3.63, 3.8) is 0 Å². The molecule has 1 unspecified atom stereocenters. The third-order valence-corrected chi connectivity index (χ3v) is 8.50. The van der Waals surface area contributed by atoms with Crippen LogP contribution in [-0.2, 0) is 16.0 Å². The maximum absolute atomic E-state index is 12.7. The largest absolute Gasteiger partial charge is 0.494 e. The van der Waals surface area contributed by atoms with E-state index in [1.54, 1.807) is 12.4 Å². The summed E-state index contributed by atoms with van der Waals surface area (Å²) in [4.78, 5) is 33.8. The number of carbonyl (C=O) groups excluding carboxylic acids is 1. The molecule has 0 saturated carbocycles. The maximum atomic E-state index is 12.7. The summed E-state index contributed by atoms with van der Waals surface area (Å²) in [5.41, 5.74) is 6.10. The fourth-order valence-corrected chi connectivity index (χ4v) is 5.44. The van der Waals surface area contributed by atoms with E-state index in [9.17, 15) is 14.7 Å². The van der Waals surface area contributed by atoms with Gasteiger partial charge in [-0.15, -0.1) is 0 Å².